The first-order valence-corrected chi connectivity index (χ1v) is 5.64. The van der Waals surface area contributed by atoms with E-state index < -0.39 is 0 Å². The minimum atomic E-state index is -0.382. The van der Waals surface area contributed by atoms with Crippen molar-refractivity contribution in [3.8, 4) is 0 Å². The first-order chi connectivity index (χ1) is 7.84. The van der Waals surface area contributed by atoms with Gasteiger partial charge in [0.1, 0.15) is 0 Å². The maximum absolute atomic E-state index is 9.84. The molecule has 3 nitrogen and oxygen atoms in total. The van der Waals surface area contributed by atoms with Crippen molar-refractivity contribution in [2.45, 2.75) is 18.9 Å². The Balaban J connectivity index is 2.09. The summed E-state index contributed by atoms with van der Waals surface area (Å²) in [6, 6.07) is 9.71. The zero-order valence-corrected chi connectivity index (χ0v) is 9.76. The average molecular weight is 224 g/mol. The van der Waals surface area contributed by atoms with Crippen LogP contribution in [0.25, 0.3) is 0 Å². The van der Waals surface area contributed by atoms with Gasteiger partial charge in [-0.3, -0.25) is 0 Å². The molecule has 0 bridgehead atoms. The van der Waals surface area contributed by atoms with Crippen LogP contribution in [0, 0.1) is 0 Å². The number of hydrogen-bond donors (Lipinski definition) is 1. The van der Waals surface area contributed by atoms with Gasteiger partial charge in [-0.25, -0.2) is 0 Å². The Bertz CT molecular complexity index is 261. The lowest BCUT2D eigenvalue weighted by molar-refractivity contribution is 0.0617. The molecule has 0 aliphatic carbocycles. The predicted molar refractivity (Wildman–Crippen MR) is 63.3 cm³/mol. The Kier molecular flexibility index (Phi) is 6.81. The predicted octanol–water partition coefficient (Wildman–Crippen LogP) is 2.16. The molecular weight excluding hydrogens is 204 g/mol. The number of aliphatic hydroxyl groups is 1. The van der Waals surface area contributed by atoms with Crippen LogP contribution in [0.5, 0.6) is 0 Å². The second kappa shape index (κ2) is 8.28. The number of aliphatic hydroxyl groups excluding tert-OH is 1. The van der Waals surface area contributed by atoms with E-state index in [1.54, 1.807) is 7.11 Å². The maximum atomic E-state index is 9.84. The van der Waals surface area contributed by atoms with E-state index >= 15 is 0 Å². The summed E-state index contributed by atoms with van der Waals surface area (Å²) in [6.07, 6.45) is 1.21. The minimum absolute atomic E-state index is 0.382. The molecule has 0 heterocycles. The standard InChI is InChI=1S/C13H20O3/c1-15-10-11-16-9-5-8-13(14)12-6-3-2-4-7-12/h2-4,6-7,13-14H,5,8-11H2,1H3. The third kappa shape index (κ3) is 5.26. The van der Waals surface area contributed by atoms with Gasteiger partial charge in [-0.1, -0.05) is 30.3 Å². The lowest BCUT2D eigenvalue weighted by Crippen LogP contribution is -2.05. The number of methoxy groups -OCH3 is 1. The van der Waals surface area contributed by atoms with Crippen molar-refractivity contribution in [2.75, 3.05) is 26.9 Å². The molecule has 3 heteroatoms. The summed E-state index contributed by atoms with van der Waals surface area (Å²) in [5, 5.41) is 9.84. The van der Waals surface area contributed by atoms with Crippen LogP contribution in [-0.4, -0.2) is 32.0 Å². The van der Waals surface area contributed by atoms with Gasteiger partial charge in [-0.15, -0.1) is 0 Å². The van der Waals surface area contributed by atoms with Gasteiger partial charge in [0.2, 0.25) is 0 Å². The molecule has 1 atom stereocenters. The van der Waals surface area contributed by atoms with Crippen molar-refractivity contribution in [2.24, 2.45) is 0 Å². The van der Waals surface area contributed by atoms with Crippen LogP contribution in [0.3, 0.4) is 0 Å². The Hall–Kier alpha value is -0.900. The van der Waals surface area contributed by atoms with Crippen LogP contribution in [0.15, 0.2) is 30.3 Å². The number of hydrogen-bond acceptors (Lipinski definition) is 3. The van der Waals surface area contributed by atoms with E-state index in [1.807, 2.05) is 30.3 Å². The summed E-state index contributed by atoms with van der Waals surface area (Å²) in [4.78, 5) is 0. The largest absolute Gasteiger partial charge is 0.388 e. The average Bonchev–Trinajstić information content (AvgIpc) is 2.34. The van der Waals surface area contributed by atoms with Gasteiger partial charge in [0, 0.05) is 13.7 Å². The Labute approximate surface area is 97.0 Å². The molecule has 0 saturated heterocycles. The molecule has 0 spiro atoms. The Morgan fingerprint density at radius 1 is 1.12 bits per heavy atom. The molecule has 1 rings (SSSR count). The summed E-state index contributed by atoms with van der Waals surface area (Å²) in [6.45, 7) is 1.92. The molecule has 0 amide bonds. The fourth-order valence-corrected chi connectivity index (χ4v) is 1.46. The molecular formula is C13H20O3. The molecule has 1 N–H and O–H groups in total. The molecule has 16 heavy (non-hydrogen) atoms. The van der Waals surface area contributed by atoms with E-state index in [2.05, 4.69) is 0 Å². The van der Waals surface area contributed by atoms with Crippen LogP contribution < -0.4 is 0 Å². The molecule has 0 aromatic heterocycles. The third-order valence-electron chi connectivity index (χ3n) is 2.38. The van der Waals surface area contributed by atoms with E-state index in [0.29, 0.717) is 19.8 Å². The number of rotatable bonds is 8. The van der Waals surface area contributed by atoms with Crippen LogP contribution in [0.2, 0.25) is 0 Å². The summed E-state index contributed by atoms with van der Waals surface area (Å²) in [7, 11) is 1.66. The van der Waals surface area contributed by atoms with Crippen molar-refractivity contribution in [3.63, 3.8) is 0 Å². The molecule has 1 unspecified atom stereocenters. The topological polar surface area (TPSA) is 38.7 Å². The fourth-order valence-electron chi connectivity index (χ4n) is 1.46. The first-order valence-electron chi connectivity index (χ1n) is 5.64. The van der Waals surface area contributed by atoms with E-state index in [0.717, 1.165) is 18.4 Å². The molecule has 0 aliphatic heterocycles. The molecule has 0 radical (unpaired) electrons. The van der Waals surface area contributed by atoms with Crippen molar-refractivity contribution in [1.29, 1.82) is 0 Å². The van der Waals surface area contributed by atoms with Crippen molar-refractivity contribution in [1.82, 2.24) is 0 Å². The highest BCUT2D eigenvalue weighted by Gasteiger charge is 2.05. The highest BCUT2D eigenvalue weighted by atomic mass is 16.5. The first kappa shape index (κ1) is 13.2. The third-order valence-corrected chi connectivity index (χ3v) is 2.38. The maximum Gasteiger partial charge on any atom is 0.0790 e. The molecule has 1 aromatic rings. The van der Waals surface area contributed by atoms with Gasteiger partial charge in [0.25, 0.3) is 0 Å². The highest BCUT2D eigenvalue weighted by molar-refractivity contribution is 5.16. The number of benzene rings is 1. The van der Waals surface area contributed by atoms with Crippen molar-refractivity contribution in [3.05, 3.63) is 35.9 Å². The van der Waals surface area contributed by atoms with Gasteiger partial charge in [0.15, 0.2) is 0 Å². The van der Waals surface area contributed by atoms with E-state index in [9.17, 15) is 5.11 Å². The lowest BCUT2D eigenvalue weighted by atomic mass is 10.1. The van der Waals surface area contributed by atoms with E-state index in [1.165, 1.54) is 0 Å². The van der Waals surface area contributed by atoms with Gasteiger partial charge in [-0.05, 0) is 18.4 Å². The summed E-state index contributed by atoms with van der Waals surface area (Å²) >= 11 is 0. The smallest absolute Gasteiger partial charge is 0.0790 e. The summed E-state index contributed by atoms with van der Waals surface area (Å²) in [5.74, 6) is 0. The van der Waals surface area contributed by atoms with Crippen LogP contribution in [0.4, 0.5) is 0 Å². The summed E-state index contributed by atoms with van der Waals surface area (Å²) < 4.78 is 10.2. The van der Waals surface area contributed by atoms with Crippen LogP contribution in [0.1, 0.15) is 24.5 Å². The monoisotopic (exact) mass is 224 g/mol. The van der Waals surface area contributed by atoms with Crippen LogP contribution >= 0.6 is 0 Å². The second-order valence-corrected chi connectivity index (χ2v) is 3.67. The van der Waals surface area contributed by atoms with Crippen molar-refractivity contribution < 1.29 is 14.6 Å². The molecule has 0 fully saturated rings. The van der Waals surface area contributed by atoms with E-state index in [4.69, 9.17) is 9.47 Å². The molecule has 0 aliphatic rings. The van der Waals surface area contributed by atoms with Gasteiger partial charge in [-0.2, -0.15) is 0 Å². The zero-order valence-electron chi connectivity index (χ0n) is 9.76. The summed E-state index contributed by atoms with van der Waals surface area (Å²) in [5.41, 5.74) is 0.972. The Morgan fingerprint density at radius 3 is 2.56 bits per heavy atom. The van der Waals surface area contributed by atoms with Gasteiger partial charge < -0.3 is 14.6 Å². The van der Waals surface area contributed by atoms with E-state index in [-0.39, 0.29) is 6.10 Å². The van der Waals surface area contributed by atoms with Gasteiger partial charge in [0.05, 0.1) is 19.3 Å². The normalized spacial score (nSPS) is 12.6. The van der Waals surface area contributed by atoms with Crippen LogP contribution in [-0.2, 0) is 9.47 Å². The molecule has 1 aromatic carbocycles. The minimum Gasteiger partial charge on any atom is -0.388 e. The zero-order chi connectivity index (χ0) is 11.6. The quantitative estimate of drug-likeness (QED) is 0.688. The SMILES string of the molecule is COCCOCCCC(O)c1ccccc1. The molecule has 90 valence electrons. The highest BCUT2D eigenvalue weighted by Crippen LogP contribution is 2.17. The lowest BCUT2D eigenvalue weighted by Gasteiger charge is -2.10. The fraction of sp³-hybridized carbons (Fsp3) is 0.538. The van der Waals surface area contributed by atoms with Crippen molar-refractivity contribution >= 4 is 0 Å². The second-order valence-electron chi connectivity index (χ2n) is 3.67. The van der Waals surface area contributed by atoms with Gasteiger partial charge >= 0.3 is 0 Å². The molecule has 0 saturated carbocycles. The number of ether oxygens (including phenoxy) is 2. The Morgan fingerprint density at radius 2 is 1.88 bits per heavy atom.